The van der Waals surface area contributed by atoms with Gasteiger partial charge in [0.25, 0.3) is 0 Å². The Hall–Kier alpha value is -2.27. The van der Waals surface area contributed by atoms with Gasteiger partial charge in [0.15, 0.2) is 9.84 Å². The van der Waals surface area contributed by atoms with Gasteiger partial charge in [-0.3, -0.25) is 4.79 Å². The van der Waals surface area contributed by atoms with Crippen LogP contribution in [-0.4, -0.2) is 73.9 Å². The van der Waals surface area contributed by atoms with Gasteiger partial charge in [0, 0.05) is 52.6 Å². The van der Waals surface area contributed by atoms with Crippen molar-refractivity contribution in [3.8, 4) is 11.5 Å². The quantitative estimate of drug-likeness (QED) is 0.473. The molecular weight excluding hydrogens is 488 g/mol. The van der Waals surface area contributed by atoms with Gasteiger partial charge in [-0.15, -0.1) is 0 Å². The average Bonchev–Trinajstić information content (AvgIpc) is 3.11. The Morgan fingerprint density at radius 2 is 1.66 bits per heavy atom. The molecule has 2 unspecified atom stereocenters. The zero-order chi connectivity index (χ0) is 25.4. The number of amides is 1. The van der Waals surface area contributed by atoms with Crippen molar-refractivity contribution in [1.82, 2.24) is 9.21 Å². The second kappa shape index (κ2) is 12.6. The minimum Gasteiger partial charge on any atom is -0.457 e. The molecule has 35 heavy (non-hydrogen) atoms. The molecule has 1 aliphatic rings. The summed E-state index contributed by atoms with van der Waals surface area (Å²) in [5.74, 6) is 1.13. The first-order chi connectivity index (χ1) is 16.6. The third kappa shape index (κ3) is 8.13. The van der Waals surface area contributed by atoms with Crippen molar-refractivity contribution in [3.63, 3.8) is 0 Å². The van der Waals surface area contributed by atoms with Crippen LogP contribution in [0, 0.1) is 0 Å². The first-order valence-corrected chi connectivity index (χ1v) is 14.7. The van der Waals surface area contributed by atoms with Crippen LogP contribution in [0.1, 0.15) is 32.1 Å². The maximum Gasteiger partial charge on any atom is 0.222 e. The number of nitrogens with zero attached hydrogens (tertiary/aromatic N) is 2. The molecule has 2 aromatic carbocycles. The minimum atomic E-state index is -3.27. The number of hydrogen-bond acceptors (Lipinski definition) is 6. The van der Waals surface area contributed by atoms with Crippen molar-refractivity contribution < 1.29 is 26.9 Å². The average molecular weight is 523 g/mol. The Morgan fingerprint density at radius 1 is 1.03 bits per heavy atom. The fourth-order valence-corrected chi connectivity index (χ4v) is 5.88. The lowest BCUT2D eigenvalue weighted by atomic mass is 10.1. The van der Waals surface area contributed by atoms with Crippen molar-refractivity contribution in [2.45, 2.75) is 47.9 Å². The molecule has 1 amide bonds. The molecule has 192 valence electrons. The minimum absolute atomic E-state index is 0.0611. The predicted octanol–water partition coefficient (Wildman–Crippen LogP) is 3.64. The highest BCUT2D eigenvalue weighted by atomic mass is 32.2. The molecule has 0 aliphatic carbocycles. The molecule has 10 heteroatoms. The number of ether oxygens (including phenoxy) is 2. The maximum absolute atomic E-state index is 13.6. The fraction of sp³-hybridized carbons (Fsp3) is 0.480. The lowest BCUT2D eigenvalue weighted by Gasteiger charge is -2.29. The van der Waals surface area contributed by atoms with Crippen LogP contribution >= 0.6 is 0 Å². The molecule has 0 spiro atoms. The van der Waals surface area contributed by atoms with Gasteiger partial charge >= 0.3 is 0 Å². The largest absolute Gasteiger partial charge is 0.457 e. The summed E-state index contributed by atoms with van der Waals surface area (Å²) in [5, 5.41) is 0. The molecule has 1 heterocycles. The Kier molecular flexibility index (Phi) is 9.85. The van der Waals surface area contributed by atoms with Gasteiger partial charge in [-0.2, -0.15) is 0 Å². The van der Waals surface area contributed by atoms with E-state index in [1.165, 1.54) is 12.1 Å². The van der Waals surface area contributed by atoms with E-state index in [1.807, 2.05) is 4.31 Å². The van der Waals surface area contributed by atoms with E-state index >= 15 is 0 Å². The zero-order valence-corrected chi connectivity index (χ0v) is 22.1. The second-order valence-corrected chi connectivity index (χ2v) is 12.3. The van der Waals surface area contributed by atoms with E-state index in [-0.39, 0.29) is 16.8 Å². The molecule has 8 nitrogen and oxygen atoms in total. The van der Waals surface area contributed by atoms with E-state index in [0.717, 1.165) is 25.5 Å². The smallest absolute Gasteiger partial charge is 0.222 e. The zero-order valence-electron chi connectivity index (χ0n) is 20.5. The molecule has 1 saturated heterocycles. The van der Waals surface area contributed by atoms with Crippen LogP contribution in [-0.2, 0) is 30.4 Å². The lowest BCUT2D eigenvalue weighted by Crippen LogP contribution is -2.38. The molecule has 0 aromatic heterocycles. The first-order valence-electron chi connectivity index (χ1n) is 11.7. The van der Waals surface area contributed by atoms with Crippen molar-refractivity contribution >= 4 is 26.7 Å². The summed E-state index contributed by atoms with van der Waals surface area (Å²) in [6, 6.07) is 13.4. The molecule has 1 aliphatic heterocycles. The van der Waals surface area contributed by atoms with Crippen LogP contribution in [0.25, 0.3) is 0 Å². The van der Waals surface area contributed by atoms with E-state index < -0.39 is 20.8 Å². The third-order valence-electron chi connectivity index (χ3n) is 5.82. The monoisotopic (exact) mass is 522 g/mol. The maximum atomic E-state index is 13.6. The van der Waals surface area contributed by atoms with Crippen LogP contribution in [0.15, 0.2) is 58.3 Å². The number of hydrogen-bond donors (Lipinski definition) is 0. The van der Waals surface area contributed by atoms with Crippen molar-refractivity contribution in [2.75, 3.05) is 40.1 Å². The standard InChI is InChI=1S/C25H34N2O6S2/c1-26(2)25(28)7-4-17-27(20-6-5-18-32-19-16-20)34(29)23-12-8-21(9-13-23)33-22-10-14-24(15-11-22)35(3,30)31/h8-15,20H,4-7,16-19H2,1-3H3. The summed E-state index contributed by atoms with van der Waals surface area (Å²) >= 11 is 0. The van der Waals surface area contributed by atoms with Gasteiger partial charge < -0.3 is 14.4 Å². The Balaban J connectivity index is 1.69. The summed E-state index contributed by atoms with van der Waals surface area (Å²) in [7, 11) is -1.17. The van der Waals surface area contributed by atoms with E-state index in [4.69, 9.17) is 9.47 Å². The summed E-state index contributed by atoms with van der Waals surface area (Å²) in [4.78, 5) is 14.5. The molecular formula is C25H34N2O6S2. The third-order valence-corrected chi connectivity index (χ3v) is 8.53. The van der Waals surface area contributed by atoms with Crippen LogP contribution < -0.4 is 4.74 Å². The van der Waals surface area contributed by atoms with Crippen LogP contribution in [0.4, 0.5) is 0 Å². The van der Waals surface area contributed by atoms with Crippen molar-refractivity contribution in [2.24, 2.45) is 0 Å². The highest BCUT2D eigenvalue weighted by Crippen LogP contribution is 2.26. The van der Waals surface area contributed by atoms with Crippen LogP contribution in [0.5, 0.6) is 11.5 Å². The molecule has 2 atom stereocenters. The van der Waals surface area contributed by atoms with Gasteiger partial charge in [0.2, 0.25) is 5.91 Å². The van der Waals surface area contributed by atoms with Gasteiger partial charge in [-0.05, 0) is 74.2 Å². The van der Waals surface area contributed by atoms with Gasteiger partial charge in [0.05, 0.1) is 9.79 Å². The highest BCUT2D eigenvalue weighted by Gasteiger charge is 2.26. The van der Waals surface area contributed by atoms with Gasteiger partial charge in [-0.25, -0.2) is 16.9 Å². The van der Waals surface area contributed by atoms with Gasteiger partial charge in [-0.1, -0.05) is 0 Å². The Labute approximate surface area is 210 Å². The van der Waals surface area contributed by atoms with Crippen LogP contribution in [0.2, 0.25) is 0 Å². The molecule has 0 radical (unpaired) electrons. The predicted molar refractivity (Wildman–Crippen MR) is 136 cm³/mol. The molecule has 1 fully saturated rings. The topological polar surface area (TPSA) is 93.2 Å². The number of carbonyl (C=O) groups is 1. The fourth-order valence-electron chi connectivity index (χ4n) is 3.84. The number of carbonyl (C=O) groups excluding carboxylic acids is 1. The SMILES string of the molecule is CN(C)C(=O)CCCN(C1CCCOCC1)S(=O)c1ccc(Oc2ccc(S(C)(=O)=O)cc2)cc1. The molecule has 2 aromatic rings. The van der Waals surface area contributed by atoms with E-state index in [2.05, 4.69) is 0 Å². The molecule has 0 N–H and O–H groups in total. The molecule has 3 rings (SSSR count). The summed E-state index contributed by atoms with van der Waals surface area (Å²) in [5.41, 5.74) is 0. The number of rotatable bonds is 10. The number of benzene rings is 2. The van der Waals surface area contributed by atoms with E-state index in [9.17, 15) is 17.4 Å². The Morgan fingerprint density at radius 3 is 2.26 bits per heavy atom. The van der Waals surface area contributed by atoms with Crippen LogP contribution in [0.3, 0.4) is 0 Å². The normalized spacial score (nSPS) is 17.5. The van der Waals surface area contributed by atoms with Crippen molar-refractivity contribution in [3.05, 3.63) is 48.5 Å². The second-order valence-electron chi connectivity index (χ2n) is 8.80. The molecule has 0 bridgehead atoms. The number of sulfone groups is 1. The Bertz CT molecular complexity index is 1090. The summed E-state index contributed by atoms with van der Waals surface area (Å²) in [6.45, 7) is 1.91. The highest BCUT2D eigenvalue weighted by molar-refractivity contribution is 7.90. The van der Waals surface area contributed by atoms with E-state index in [0.29, 0.717) is 49.0 Å². The van der Waals surface area contributed by atoms with E-state index in [1.54, 1.807) is 55.4 Å². The summed E-state index contributed by atoms with van der Waals surface area (Å²) in [6.07, 6.45) is 4.82. The summed E-state index contributed by atoms with van der Waals surface area (Å²) < 4.78 is 50.2. The molecule has 0 saturated carbocycles. The van der Waals surface area contributed by atoms with Crippen molar-refractivity contribution in [1.29, 1.82) is 0 Å². The first kappa shape index (κ1) is 27.3. The lowest BCUT2D eigenvalue weighted by molar-refractivity contribution is -0.128. The van der Waals surface area contributed by atoms with Gasteiger partial charge in [0.1, 0.15) is 22.5 Å².